The molecule has 7 heteroatoms. The summed E-state index contributed by atoms with van der Waals surface area (Å²) >= 11 is 0. The molecule has 0 bridgehead atoms. The van der Waals surface area contributed by atoms with Crippen molar-refractivity contribution in [2.45, 2.75) is 32.6 Å². The fourth-order valence-electron chi connectivity index (χ4n) is 4.37. The first-order valence-corrected chi connectivity index (χ1v) is 15.3. The van der Waals surface area contributed by atoms with E-state index in [2.05, 4.69) is 37.8 Å². The fraction of sp³-hybridized carbons (Fsp3) is 0.205. The van der Waals surface area contributed by atoms with Gasteiger partial charge in [-0.3, -0.25) is 0 Å². The summed E-state index contributed by atoms with van der Waals surface area (Å²) in [5.41, 5.74) is 5.52. The van der Waals surface area contributed by atoms with Crippen molar-refractivity contribution in [1.82, 2.24) is 0 Å². The largest absolute Gasteiger partial charge is 0.494 e. The number of ether oxygens (including phenoxy) is 4. The Morgan fingerprint density at radius 2 is 1.11 bits per heavy atom. The summed E-state index contributed by atoms with van der Waals surface area (Å²) in [5, 5.41) is 0. The van der Waals surface area contributed by atoms with E-state index in [0.717, 1.165) is 53.2 Å². The number of hydrogen-bond acceptors (Lipinski definition) is 7. The molecule has 0 heterocycles. The molecular formula is C39H38O7. The average molecular weight is 619 g/mol. The van der Waals surface area contributed by atoms with Crippen molar-refractivity contribution < 1.29 is 33.3 Å². The van der Waals surface area contributed by atoms with Crippen LogP contribution in [0.1, 0.15) is 48.5 Å². The van der Waals surface area contributed by atoms with Crippen LogP contribution in [0.15, 0.2) is 116 Å². The highest BCUT2D eigenvalue weighted by atomic mass is 16.5. The van der Waals surface area contributed by atoms with Gasteiger partial charge in [0.05, 0.1) is 25.4 Å². The van der Waals surface area contributed by atoms with Gasteiger partial charge in [0.1, 0.15) is 11.5 Å². The number of carbonyl (C=O) groups is 3. The van der Waals surface area contributed by atoms with Gasteiger partial charge in [-0.1, -0.05) is 80.6 Å². The van der Waals surface area contributed by atoms with Gasteiger partial charge in [-0.2, -0.15) is 0 Å². The van der Waals surface area contributed by atoms with E-state index < -0.39 is 11.9 Å². The Morgan fingerprint density at radius 1 is 0.609 bits per heavy atom. The third kappa shape index (κ3) is 10.6. The Kier molecular flexibility index (Phi) is 12.9. The summed E-state index contributed by atoms with van der Waals surface area (Å²) in [4.78, 5) is 35.5. The monoisotopic (exact) mass is 618 g/mol. The van der Waals surface area contributed by atoms with E-state index in [0.29, 0.717) is 43.3 Å². The second-order valence-corrected chi connectivity index (χ2v) is 10.4. The molecule has 0 aliphatic heterocycles. The SMILES string of the molecule is C=CC(=O)OCCCCOc1ccc(C(=O)Oc2ccc(-c3ccc(-c4ccc(C=CC(=O)OCCCC)cc4)cc3)cc2)cc1. The average Bonchev–Trinajstić information content (AvgIpc) is 3.09. The Bertz CT molecular complexity index is 1600. The maximum absolute atomic E-state index is 12.7. The molecule has 0 unspecified atom stereocenters. The highest BCUT2D eigenvalue weighted by Crippen LogP contribution is 2.27. The van der Waals surface area contributed by atoms with Crippen molar-refractivity contribution in [3.05, 3.63) is 127 Å². The van der Waals surface area contributed by atoms with Crippen molar-refractivity contribution in [2.75, 3.05) is 19.8 Å². The zero-order valence-electron chi connectivity index (χ0n) is 26.0. The fourth-order valence-corrected chi connectivity index (χ4v) is 4.37. The van der Waals surface area contributed by atoms with Crippen LogP contribution in [-0.4, -0.2) is 37.7 Å². The molecule has 7 nitrogen and oxygen atoms in total. The number of unbranched alkanes of at least 4 members (excludes halogenated alkanes) is 2. The predicted octanol–water partition coefficient (Wildman–Crippen LogP) is 8.48. The minimum atomic E-state index is -0.457. The zero-order valence-corrected chi connectivity index (χ0v) is 26.0. The molecule has 236 valence electrons. The lowest BCUT2D eigenvalue weighted by Crippen LogP contribution is -2.08. The molecule has 0 radical (unpaired) electrons. The molecule has 0 fully saturated rings. The van der Waals surface area contributed by atoms with Crippen molar-refractivity contribution in [3.8, 4) is 33.8 Å². The first-order chi connectivity index (χ1) is 22.4. The quantitative estimate of drug-likeness (QED) is 0.0539. The van der Waals surface area contributed by atoms with Crippen LogP contribution in [0, 0.1) is 0 Å². The molecule has 0 aliphatic carbocycles. The first-order valence-electron chi connectivity index (χ1n) is 15.3. The van der Waals surface area contributed by atoms with Gasteiger partial charge in [-0.05, 0) is 89.6 Å². The van der Waals surface area contributed by atoms with Gasteiger partial charge in [-0.25, -0.2) is 14.4 Å². The lowest BCUT2D eigenvalue weighted by atomic mass is 9.99. The summed E-state index contributed by atoms with van der Waals surface area (Å²) in [7, 11) is 0. The van der Waals surface area contributed by atoms with Crippen LogP contribution in [0.4, 0.5) is 0 Å². The van der Waals surface area contributed by atoms with E-state index in [1.165, 1.54) is 6.08 Å². The zero-order chi connectivity index (χ0) is 32.6. The maximum atomic E-state index is 12.7. The van der Waals surface area contributed by atoms with Gasteiger partial charge in [0.15, 0.2) is 0 Å². The molecule has 0 atom stereocenters. The smallest absolute Gasteiger partial charge is 0.343 e. The Balaban J connectivity index is 1.24. The Labute approximate surface area is 270 Å². The van der Waals surface area contributed by atoms with Crippen molar-refractivity contribution >= 4 is 24.0 Å². The van der Waals surface area contributed by atoms with Gasteiger partial charge in [0.2, 0.25) is 0 Å². The molecule has 4 rings (SSSR count). The number of esters is 3. The van der Waals surface area contributed by atoms with E-state index in [1.54, 1.807) is 42.5 Å². The van der Waals surface area contributed by atoms with Gasteiger partial charge in [0.25, 0.3) is 0 Å². The summed E-state index contributed by atoms with van der Waals surface area (Å²) in [6.07, 6.45) is 7.61. The second-order valence-electron chi connectivity index (χ2n) is 10.4. The molecule has 0 saturated heterocycles. The summed E-state index contributed by atoms with van der Waals surface area (Å²) < 4.78 is 21.3. The minimum absolute atomic E-state index is 0.322. The summed E-state index contributed by atoms with van der Waals surface area (Å²) in [5.74, 6) is -0.126. The van der Waals surface area contributed by atoms with Crippen molar-refractivity contribution in [3.63, 3.8) is 0 Å². The normalized spacial score (nSPS) is 10.7. The molecular weight excluding hydrogens is 580 g/mol. The van der Waals surface area contributed by atoms with Gasteiger partial charge < -0.3 is 18.9 Å². The number of benzene rings is 4. The molecule has 4 aromatic carbocycles. The molecule has 0 spiro atoms. The van der Waals surface area contributed by atoms with Crippen molar-refractivity contribution in [2.24, 2.45) is 0 Å². The van der Waals surface area contributed by atoms with Crippen LogP contribution >= 0.6 is 0 Å². The van der Waals surface area contributed by atoms with Gasteiger partial charge in [-0.15, -0.1) is 0 Å². The minimum Gasteiger partial charge on any atom is -0.494 e. The topological polar surface area (TPSA) is 88.1 Å². The van der Waals surface area contributed by atoms with Gasteiger partial charge in [0, 0.05) is 12.2 Å². The highest BCUT2D eigenvalue weighted by Gasteiger charge is 2.10. The maximum Gasteiger partial charge on any atom is 0.343 e. The Hall–Kier alpha value is -5.43. The molecule has 0 saturated carbocycles. The molecule has 0 aliphatic rings. The van der Waals surface area contributed by atoms with Crippen LogP contribution in [-0.2, 0) is 19.1 Å². The lowest BCUT2D eigenvalue weighted by Gasteiger charge is -2.09. The number of carbonyl (C=O) groups excluding carboxylic acids is 3. The molecule has 46 heavy (non-hydrogen) atoms. The molecule has 0 aromatic heterocycles. The van der Waals surface area contributed by atoms with E-state index in [1.807, 2.05) is 36.4 Å². The summed E-state index contributed by atoms with van der Waals surface area (Å²) in [6, 6.07) is 30.4. The first kappa shape index (κ1) is 33.5. The number of hydrogen-bond donors (Lipinski definition) is 0. The highest BCUT2D eigenvalue weighted by molar-refractivity contribution is 5.91. The molecule has 0 amide bonds. The van der Waals surface area contributed by atoms with Crippen LogP contribution in [0.25, 0.3) is 28.3 Å². The lowest BCUT2D eigenvalue weighted by molar-refractivity contribution is -0.138. The van der Waals surface area contributed by atoms with Crippen molar-refractivity contribution in [1.29, 1.82) is 0 Å². The standard InChI is InChI=1S/C39H38O7/c1-3-5-26-45-38(41)25-10-29-8-11-30(12-9-29)31-13-15-32(16-14-31)33-17-23-36(24-18-33)46-39(42)34-19-21-35(22-20-34)43-27-6-7-28-44-37(40)4-2/h4,8-25H,2-3,5-7,26-28H2,1H3. The van der Waals surface area contributed by atoms with Crippen LogP contribution in [0.3, 0.4) is 0 Å². The molecule has 4 aromatic rings. The second kappa shape index (κ2) is 17.8. The summed E-state index contributed by atoms with van der Waals surface area (Å²) in [6.45, 7) is 6.64. The van der Waals surface area contributed by atoms with E-state index >= 15 is 0 Å². The van der Waals surface area contributed by atoms with Crippen LogP contribution in [0.5, 0.6) is 11.5 Å². The Morgan fingerprint density at radius 3 is 1.70 bits per heavy atom. The third-order valence-electron chi connectivity index (χ3n) is 6.99. The predicted molar refractivity (Wildman–Crippen MR) is 180 cm³/mol. The molecule has 0 N–H and O–H groups in total. The third-order valence-corrected chi connectivity index (χ3v) is 6.99. The number of rotatable bonds is 16. The van der Waals surface area contributed by atoms with Crippen LogP contribution in [0.2, 0.25) is 0 Å². The van der Waals surface area contributed by atoms with Crippen LogP contribution < -0.4 is 9.47 Å². The van der Waals surface area contributed by atoms with E-state index in [-0.39, 0.29) is 5.97 Å². The van der Waals surface area contributed by atoms with E-state index in [4.69, 9.17) is 18.9 Å². The van der Waals surface area contributed by atoms with Gasteiger partial charge >= 0.3 is 17.9 Å². The van der Waals surface area contributed by atoms with E-state index in [9.17, 15) is 14.4 Å².